The third kappa shape index (κ3) is 4.21. The highest BCUT2D eigenvalue weighted by atomic mass is 16.7. The van der Waals surface area contributed by atoms with Crippen molar-refractivity contribution in [1.82, 2.24) is 20.7 Å². The van der Waals surface area contributed by atoms with E-state index in [1.165, 1.54) is 5.56 Å². The van der Waals surface area contributed by atoms with E-state index < -0.39 is 5.72 Å². The van der Waals surface area contributed by atoms with Gasteiger partial charge in [0.25, 0.3) is 0 Å². The Morgan fingerprint density at radius 2 is 2.00 bits per heavy atom. The molecule has 1 spiro atoms. The number of hydroxylamine groups is 1. The van der Waals surface area contributed by atoms with Gasteiger partial charge in [0, 0.05) is 38.7 Å². The van der Waals surface area contributed by atoms with E-state index in [9.17, 15) is 4.79 Å². The van der Waals surface area contributed by atoms with Gasteiger partial charge in [-0.05, 0) is 30.2 Å². The van der Waals surface area contributed by atoms with Gasteiger partial charge in [-0.3, -0.25) is 14.7 Å². The summed E-state index contributed by atoms with van der Waals surface area (Å²) in [6.07, 6.45) is 3.21. The van der Waals surface area contributed by atoms with Gasteiger partial charge in [-0.2, -0.15) is 0 Å². The Morgan fingerprint density at radius 1 is 1.21 bits per heavy atom. The molecule has 0 unspecified atom stereocenters. The number of rotatable bonds is 5. The second-order valence-electron chi connectivity index (χ2n) is 7.31. The second kappa shape index (κ2) is 8.08. The van der Waals surface area contributed by atoms with Gasteiger partial charge in [0.1, 0.15) is 5.69 Å². The Bertz CT molecular complexity index is 860. The summed E-state index contributed by atoms with van der Waals surface area (Å²) in [7, 11) is 0. The van der Waals surface area contributed by atoms with Gasteiger partial charge in [0.05, 0.1) is 6.54 Å². The van der Waals surface area contributed by atoms with Crippen LogP contribution in [0.5, 0.6) is 0 Å². The van der Waals surface area contributed by atoms with Crippen LogP contribution in [-0.4, -0.2) is 47.0 Å². The standard InChI is InChI=1S/C21H25N5O2/c1-16-6-2-3-7-17(16)14-23-19(27)15-26-12-9-21(10-13-26)24-20(25-28-21)18-8-4-5-11-22-18/h2-8,11H,9-10,12-15H2,1H3,(H,23,27)(H,24,25). The first-order valence-corrected chi connectivity index (χ1v) is 9.62. The number of aliphatic imine (C=N–C) groups is 1. The van der Waals surface area contributed by atoms with Gasteiger partial charge in [0.15, 0.2) is 11.6 Å². The first-order valence-electron chi connectivity index (χ1n) is 9.62. The molecule has 146 valence electrons. The van der Waals surface area contributed by atoms with Crippen molar-refractivity contribution in [2.75, 3.05) is 19.6 Å². The van der Waals surface area contributed by atoms with Crippen LogP contribution in [0.1, 0.15) is 29.7 Å². The van der Waals surface area contributed by atoms with Crippen molar-refractivity contribution < 1.29 is 9.63 Å². The number of hydrogen-bond acceptors (Lipinski definition) is 6. The molecular formula is C21H25N5O2. The van der Waals surface area contributed by atoms with Crippen molar-refractivity contribution >= 4 is 11.7 Å². The molecule has 28 heavy (non-hydrogen) atoms. The molecule has 2 N–H and O–H groups in total. The van der Waals surface area contributed by atoms with Crippen molar-refractivity contribution in [2.45, 2.75) is 32.0 Å². The van der Waals surface area contributed by atoms with Crippen LogP contribution < -0.4 is 10.8 Å². The van der Waals surface area contributed by atoms with Gasteiger partial charge in [-0.1, -0.05) is 30.3 Å². The number of amides is 1. The lowest BCUT2D eigenvalue weighted by Crippen LogP contribution is -2.47. The average Bonchev–Trinajstić information content (AvgIpc) is 3.14. The maximum absolute atomic E-state index is 12.3. The maximum Gasteiger partial charge on any atom is 0.234 e. The zero-order chi connectivity index (χ0) is 19.4. The molecule has 1 aromatic carbocycles. The van der Waals surface area contributed by atoms with Crippen LogP contribution >= 0.6 is 0 Å². The number of aryl methyl sites for hydroxylation is 1. The largest absolute Gasteiger partial charge is 0.351 e. The molecule has 0 saturated carbocycles. The van der Waals surface area contributed by atoms with Crippen LogP contribution in [0.4, 0.5) is 0 Å². The summed E-state index contributed by atoms with van der Waals surface area (Å²) in [6, 6.07) is 13.8. The predicted octanol–water partition coefficient (Wildman–Crippen LogP) is 1.78. The Balaban J connectivity index is 1.27. The number of hydrogen-bond donors (Lipinski definition) is 2. The molecule has 2 aromatic rings. The zero-order valence-electron chi connectivity index (χ0n) is 16.0. The van der Waals surface area contributed by atoms with Crippen LogP contribution in [0.25, 0.3) is 0 Å². The molecule has 0 aliphatic carbocycles. The number of carbonyl (C=O) groups is 1. The van der Waals surface area contributed by atoms with Crippen molar-refractivity contribution in [3.8, 4) is 0 Å². The molecule has 1 amide bonds. The van der Waals surface area contributed by atoms with E-state index >= 15 is 0 Å². The highest BCUT2D eigenvalue weighted by molar-refractivity contribution is 5.97. The SMILES string of the molecule is Cc1ccccc1CNC(=O)CN1CCC2(CC1)N=C(c1ccccn1)NO2. The van der Waals surface area contributed by atoms with E-state index in [1.54, 1.807) is 6.20 Å². The molecule has 7 nitrogen and oxygen atoms in total. The smallest absolute Gasteiger partial charge is 0.234 e. The number of aromatic nitrogens is 1. The summed E-state index contributed by atoms with van der Waals surface area (Å²) in [6.45, 7) is 4.54. The molecule has 4 rings (SSSR count). The third-order valence-corrected chi connectivity index (χ3v) is 5.30. The maximum atomic E-state index is 12.3. The quantitative estimate of drug-likeness (QED) is 0.828. The van der Waals surface area contributed by atoms with E-state index in [-0.39, 0.29) is 5.91 Å². The van der Waals surface area contributed by atoms with Crippen molar-refractivity contribution in [3.05, 3.63) is 65.5 Å². The first-order chi connectivity index (χ1) is 13.6. The Morgan fingerprint density at radius 3 is 2.75 bits per heavy atom. The van der Waals surface area contributed by atoms with E-state index in [1.807, 2.05) is 36.4 Å². The lowest BCUT2D eigenvalue weighted by atomic mass is 10.0. The zero-order valence-corrected chi connectivity index (χ0v) is 16.0. The minimum absolute atomic E-state index is 0.0438. The number of amidine groups is 1. The minimum Gasteiger partial charge on any atom is -0.351 e. The fraction of sp³-hybridized carbons (Fsp3) is 0.381. The van der Waals surface area contributed by atoms with Crippen molar-refractivity contribution in [3.63, 3.8) is 0 Å². The lowest BCUT2D eigenvalue weighted by molar-refractivity contribution is -0.125. The highest BCUT2D eigenvalue weighted by Crippen LogP contribution is 2.30. The molecule has 7 heteroatoms. The summed E-state index contributed by atoms with van der Waals surface area (Å²) >= 11 is 0. The second-order valence-corrected chi connectivity index (χ2v) is 7.31. The van der Waals surface area contributed by atoms with Gasteiger partial charge in [-0.25, -0.2) is 15.3 Å². The van der Waals surface area contributed by atoms with Gasteiger partial charge in [-0.15, -0.1) is 0 Å². The number of benzene rings is 1. The summed E-state index contributed by atoms with van der Waals surface area (Å²) in [5, 5.41) is 3.02. The number of nitrogens with zero attached hydrogens (tertiary/aromatic N) is 3. The van der Waals surface area contributed by atoms with Crippen LogP contribution in [0.3, 0.4) is 0 Å². The number of pyridine rings is 1. The van der Waals surface area contributed by atoms with E-state index in [0.717, 1.165) is 37.2 Å². The predicted molar refractivity (Wildman–Crippen MR) is 106 cm³/mol. The van der Waals surface area contributed by atoms with E-state index in [4.69, 9.17) is 9.83 Å². The normalized spacial score (nSPS) is 18.5. The van der Waals surface area contributed by atoms with Crippen molar-refractivity contribution in [1.29, 1.82) is 0 Å². The number of carbonyl (C=O) groups excluding carboxylic acids is 1. The van der Waals surface area contributed by atoms with E-state index in [2.05, 4.69) is 33.7 Å². The lowest BCUT2D eigenvalue weighted by Gasteiger charge is -2.35. The summed E-state index contributed by atoms with van der Waals surface area (Å²) in [4.78, 5) is 29.3. The molecule has 2 aliphatic rings. The molecular weight excluding hydrogens is 354 g/mol. The Kier molecular flexibility index (Phi) is 5.36. The molecule has 0 atom stereocenters. The fourth-order valence-electron chi connectivity index (χ4n) is 3.54. The Labute approximate surface area is 164 Å². The molecule has 1 aromatic heterocycles. The molecule has 0 radical (unpaired) electrons. The van der Waals surface area contributed by atoms with Crippen LogP contribution in [0.15, 0.2) is 53.7 Å². The molecule has 1 fully saturated rings. The molecule has 3 heterocycles. The van der Waals surface area contributed by atoms with Gasteiger partial charge in [0.2, 0.25) is 5.91 Å². The minimum atomic E-state index is -0.555. The molecule has 2 aliphatic heterocycles. The summed E-state index contributed by atoms with van der Waals surface area (Å²) in [5.41, 5.74) is 5.48. The number of nitrogens with one attached hydrogen (secondary N) is 2. The van der Waals surface area contributed by atoms with Gasteiger partial charge >= 0.3 is 0 Å². The molecule has 0 bridgehead atoms. The monoisotopic (exact) mass is 379 g/mol. The third-order valence-electron chi connectivity index (χ3n) is 5.30. The Hall–Kier alpha value is -2.77. The topological polar surface area (TPSA) is 78.9 Å². The average molecular weight is 379 g/mol. The first kappa shape index (κ1) is 18.6. The highest BCUT2D eigenvalue weighted by Gasteiger charge is 2.40. The summed E-state index contributed by atoms with van der Waals surface area (Å²) < 4.78 is 0. The molecule has 1 saturated heterocycles. The van der Waals surface area contributed by atoms with E-state index in [0.29, 0.717) is 18.9 Å². The summed E-state index contributed by atoms with van der Waals surface area (Å²) in [5.74, 6) is 0.715. The number of likely N-dealkylation sites (tertiary alicyclic amines) is 1. The fourth-order valence-corrected chi connectivity index (χ4v) is 3.54. The van der Waals surface area contributed by atoms with Crippen molar-refractivity contribution in [2.24, 2.45) is 4.99 Å². The van der Waals surface area contributed by atoms with Crippen LogP contribution in [0.2, 0.25) is 0 Å². The van der Waals surface area contributed by atoms with Crippen LogP contribution in [-0.2, 0) is 16.2 Å². The van der Waals surface area contributed by atoms with Crippen LogP contribution in [0, 0.1) is 6.92 Å². The number of piperidine rings is 1. The van der Waals surface area contributed by atoms with Gasteiger partial charge < -0.3 is 5.32 Å².